The van der Waals surface area contributed by atoms with E-state index in [0.717, 1.165) is 38.5 Å². The summed E-state index contributed by atoms with van der Waals surface area (Å²) in [6.07, 6.45) is 8.53. The Morgan fingerprint density at radius 1 is 1.17 bits per heavy atom. The van der Waals surface area contributed by atoms with E-state index in [1.165, 1.54) is 7.11 Å². The molecule has 4 nitrogen and oxygen atoms in total. The number of Topliss-reactive ketones (excluding diaryl/α,β-unsaturated/α-hetero) is 2. The molecule has 4 aliphatic rings. The Balaban J connectivity index is 1.55. The minimum Gasteiger partial charge on any atom is -0.469 e. The topological polar surface area (TPSA) is 60.4 Å². The van der Waals surface area contributed by atoms with Crippen molar-refractivity contribution in [2.24, 2.45) is 40.4 Å². The van der Waals surface area contributed by atoms with Crippen LogP contribution in [-0.2, 0) is 19.1 Å². The van der Waals surface area contributed by atoms with Gasteiger partial charge in [0.1, 0.15) is 5.78 Å². The largest absolute Gasteiger partial charge is 0.469 e. The van der Waals surface area contributed by atoms with Gasteiger partial charge in [-0.05, 0) is 79.1 Å². The molecule has 29 heavy (non-hydrogen) atoms. The number of ether oxygens (including phenoxy) is 1. The summed E-state index contributed by atoms with van der Waals surface area (Å²) in [5.41, 5.74) is -0.274. The van der Waals surface area contributed by atoms with Gasteiger partial charge in [0.05, 0.1) is 7.11 Å². The molecule has 0 saturated heterocycles. The van der Waals surface area contributed by atoms with Crippen molar-refractivity contribution < 1.29 is 23.5 Å². The van der Waals surface area contributed by atoms with E-state index in [4.69, 9.17) is 4.74 Å². The van der Waals surface area contributed by atoms with Gasteiger partial charge in [-0.15, -0.1) is 0 Å². The lowest BCUT2D eigenvalue weighted by Gasteiger charge is -2.58. The summed E-state index contributed by atoms with van der Waals surface area (Å²) in [6.45, 7) is 4.42. The predicted molar refractivity (Wildman–Crippen MR) is 106 cm³/mol. The molecule has 160 valence electrons. The number of rotatable bonds is 4. The maximum atomic E-state index is 14.3. The van der Waals surface area contributed by atoms with Gasteiger partial charge in [0.25, 0.3) is 0 Å². The Bertz CT molecular complexity index is 758. The number of hydrogen-bond donors (Lipinski definition) is 0. The molecule has 0 heterocycles. The minimum atomic E-state index is -0.600. The fourth-order valence-electron chi connectivity index (χ4n) is 7.56. The van der Waals surface area contributed by atoms with Gasteiger partial charge in [-0.25, -0.2) is 4.39 Å². The van der Waals surface area contributed by atoms with Crippen molar-refractivity contribution in [3.8, 4) is 0 Å². The van der Waals surface area contributed by atoms with Gasteiger partial charge in [-0.3, -0.25) is 14.4 Å². The first-order valence-corrected chi connectivity index (χ1v) is 11.2. The third kappa shape index (κ3) is 3.19. The predicted octanol–water partition coefficient (Wildman–Crippen LogP) is 4.81. The number of fused-ring (bicyclic) bond motifs is 5. The van der Waals surface area contributed by atoms with E-state index in [0.29, 0.717) is 30.5 Å². The maximum Gasteiger partial charge on any atom is 0.305 e. The van der Waals surface area contributed by atoms with Crippen LogP contribution < -0.4 is 0 Å². The van der Waals surface area contributed by atoms with Crippen LogP contribution in [0.3, 0.4) is 0 Å². The number of ketones is 2. The van der Waals surface area contributed by atoms with Crippen molar-refractivity contribution in [1.82, 2.24) is 0 Å². The van der Waals surface area contributed by atoms with E-state index < -0.39 is 11.6 Å². The SMILES string of the molecule is COC(=O)CCCC1CCC2C3C(=O)CC4CC(=O)C(F)=CC4(C)C3CCC12C. The highest BCUT2D eigenvalue weighted by molar-refractivity contribution is 5.95. The van der Waals surface area contributed by atoms with Gasteiger partial charge >= 0.3 is 5.97 Å². The number of allylic oxidation sites excluding steroid dienone is 2. The van der Waals surface area contributed by atoms with Crippen LogP contribution in [0, 0.1) is 40.4 Å². The number of esters is 1. The summed E-state index contributed by atoms with van der Waals surface area (Å²) < 4.78 is 19.0. The summed E-state index contributed by atoms with van der Waals surface area (Å²) >= 11 is 0. The van der Waals surface area contributed by atoms with Gasteiger partial charge in [0, 0.05) is 25.2 Å². The molecule has 3 fully saturated rings. The third-order valence-electron chi connectivity index (χ3n) is 9.26. The van der Waals surface area contributed by atoms with Gasteiger partial charge in [-0.1, -0.05) is 13.8 Å². The first-order chi connectivity index (χ1) is 13.7. The number of methoxy groups -OCH3 is 1. The fraction of sp³-hybridized carbons (Fsp3) is 0.792. The van der Waals surface area contributed by atoms with E-state index >= 15 is 0 Å². The quantitative estimate of drug-likeness (QED) is 0.631. The number of carbonyl (C=O) groups is 3. The molecule has 0 aromatic heterocycles. The van der Waals surface area contributed by atoms with Gasteiger partial charge in [0.15, 0.2) is 11.6 Å². The molecule has 3 saturated carbocycles. The van der Waals surface area contributed by atoms with Crippen molar-refractivity contribution in [1.29, 1.82) is 0 Å². The molecule has 7 unspecified atom stereocenters. The molecule has 0 radical (unpaired) electrons. The zero-order chi connectivity index (χ0) is 21.0. The minimum absolute atomic E-state index is 0.0159. The number of halogens is 1. The van der Waals surface area contributed by atoms with Crippen LogP contribution in [0.1, 0.15) is 71.6 Å². The standard InChI is InChI=1S/C24H33FO4/c1-23-10-9-17-22(16(23)8-7-14(23)5-4-6-21(28)29-3)20(27)12-15-11-19(26)18(25)13-24(15,17)2/h13-17,22H,4-12H2,1-3H3. The van der Waals surface area contributed by atoms with Crippen molar-refractivity contribution in [3.05, 3.63) is 11.9 Å². The van der Waals surface area contributed by atoms with Crippen LogP contribution in [0.25, 0.3) is 0 Å². The molecule has 0 N–H and O–H groups in total. The normalized spacial score (nSPS) is 43.9. The summed E-state index contributed by atoms with van der Waals surface area (Å²) in [7, 11) is 1.43. The van der Waals surface area contributed by atoms with Crippen LogP contribution in [0.5, 0.6) is 0 Å². The molecule has 5 heteroatoms. The Hall–Kier alpha value is -1.52. The van der Waals surface area contributed by atoms with Crippen LogP contribution in [0.2, 0.25) is 0 Å². The molecule has 0 aromatic carbocycles. The second-order valence-electron chi connectivity index (χ2n) is 10.4. The second-order valence-corrected chi connectivity index (χ2v) is 10.4. The third-order valence-corrected chi connectivity index (χ3v) is 9.26. The molecule has 0 bridgehead atoms. The molecule has 4 rings (SSSR count). The first-order valence-electron chi connectivity index (χ1n) is 11.2. The highest BCUT2D eigenvalue weighted by Gasteiger charge is 2.62. The number of carbonyl (C=O) groups excluding carboxylic acids is 3. The maximum absolute atomic E-state index is 14.3. The van der Waals surface area contributed by atoms with Gasteiger partial charge in [-0.2, -0.15) is 0 Å². The number of hydrogen-bond acceptors (Lipinski definition) is 4. The van der Waals surface area contributed by atoms with Crippen LogP contribution in [0.15, 0.2) is 11.9 Å². The van der Waals surface area contributed by atoms with Crippen LogP contribution >= 0.6 is 0 Å². The summed E-state index contributed by atoms with van der Waals surface area (Å²) in [5, 5.41) is 0. The lowest BCUT2D eigenvalue weighted by atomic mass is 9.45. The van der Waals surface area contributed by atoms with E-state index in [-0.39, 0.29) is 41.0 Å². The lowest BCUT2D eigenvalue weighted by Crippen LogP contribution is -2.56. The highest BCUT2D eigenvalue weighted by Crippen LogP contribution is 2.66. The van der Waals surface area contributed by atoms with Crippen molar-refractivity contribution in [2.45, 2.75) is 71.6 Å². The van der Waals surface area contributed by atoms with E-state index in [1.54, 1.807) is 6.08 Å². The van der Waals surface area contributed by atoms with Crippen LogP contribution in [0.4, 0.5) is 4.39 Å². The van der Waals surface area contributed by atoms with Crippen molar-refractivity contribution >= 4 is 17.5 Å². The van der Waals surface area contributed by atoms with Gasteiger partial charge < -0.3 is 4.74 Å². The summed E-state index contributed by atoms with van der Waals surface area (Å²) in [4.78, 5) is 36.6. The smallest absolute Gasteiger partial charge is 0.305 e. The molecule has 0 aliphatic heterocycles. The lowest BCUT2D eigenvalue weighted by molar-refractivity contribution is -0.149. The Kier molecular flexibility index (Phi) is 5.23. The molecule has 0 amide bonds. The molecule has 0 aromatic rings. The molecule has 7 atom stereocenters. The molecular weight excluding hydrogens is 371 g/mol. The molecule has 0 spiro atoms. The zero-order valence-electron chi connectivity index (χ0n) is 17.8. The monoisotopic (exact) mass is 404 g/mol. The second kappa shape index (κ2) is 7.31. The summed E-state index contributed by atoms with van der Waals surface area (Å²) in [5.74, 6) is 0.0356. The van der Waals surface area contributed by atoms with Crippen LogP contribution in [-0.4, -0.2) is 24.6 Å². The van der Waals surface area contributed by atoms with Gasteiger partial charge in [0.2, 0.25) is 0 Å². The average Bonchev–Trinajstić information content (AvgIpc) is 3.00. The summed E-state index contributed by atoms with van der Waals surface area (Å²) in [6, 6.07) is 0. The Morgan fingerprint density at radius 3 is 2.66 bits per heavy atom. The van der Waals surface area contributed by atoms with Crippen molar-refractivity contribution in [2.75, 3.05) is 7.11 Å². The molecular formula is C24H33FO4. The van der Waals surface area contributed by atoms with E-state index in [1.807, 2.05) is 0 Å². The van der Waals surface area contributed by atoms with E-state index in [9.17, 15) is 18.8 Å². The average molecular weight is 405 g/mol. The highest BCUT2D eigenvalue weighted by atomic mass is 19.1. The Labute approximate surface area is 172 Å². The Morgan fingerprint density at radius 2 is 1.93 bits per heavy atom. The first kappa shape index (κ1) is 20.7. The van der Waals surface area contributed by atoms with E-state index in [2.05, 4.69) is 13.8 Å². The fourth-order valence-corrected chi connectivity index (χ4v) is 7.56. The zero-order valence-corrected chi connectivity index (χ0v) is 17.8. The molecule has 4 aliphatic carbocycles. The van der Waals surface area contributed by atoms with Crippen molar-refractivity contribution in [3.63, 3.8) is 0 Å².